The van der Waals surface area contributed by atoms with Crippen LogP contribution in [0.25, 0.3) is 0 Å². The van der Waals surface area contributed by atoms with Crippen molar-refractivity contribution in [2.45, 2.75) is 24.9 Å². The molecule has 1 amide bonds. The van der Waals surface area contributed by atoms with Gasteiger partial charge in [0.05, 0.1) is 18.9 Å². The first-order valence-electron chi connectivity index (χ1n) is 7.12. The number of carbonyl (C=O) groups excluding carboxylic acids is 1. The van der Waals surface area contributed by atoms with Crippen LogP contribution in [-0.2, 0) is 4.79 Å². The van der Waals surface area contributed by atoms with Gasteiger partial charge in [-0.15, -0.1) is 0 Å². The number of amides is 1. The molecular formula is C16H19N3O3S. The van der Waals surface area contributed by atoms with E-state index in [1.807, 2.05) is 38.1 Å². The molecule has 0 spiro atoms. The molecule has 0 aliphatic rings. The van der Waals surface area contributed by atoms with E-state index in [-0.39, 0.29) is 17.7 Å². The second kappa shape index (κ2) is 7.82. The number of benzene rings is 1. The second-order valence-corrected chi connectivity index (χ2v) is 6.01. The van der Waals surface area contributed by atoms with Crippen molar-refractivity contribution in [1.29, 1.82) is 0 Å². The minimum absolute atomic E-state index is 0.109. The summed E-state index contributed by atoms with van der Waals surface area (Å²) in [6, 6.07) is 7.44. The van der Waals surface area contributed by atoms with E-state index in [0.29, 0.717) is 5.03 Å². The Morgan fingerprint density at radius 3 is 2.74 bits per heavy atom. The number of H-pyrrole nitrogens is 1. The average Bonchev–Trinajstić information content (AvgIpc) is 2.55. The van der Waals surface area contributed by atoms with Crippen molar-refractivity contribution in [3.8, 4) is 5.75 Å². The number of ether oxygens (including phenoxy) is 1. The van der Waals surface area contributed by atoms with Crippen LogP contribution in [0.4, 0.5) is 0 Å². The largest absolute Gasteiger partial charge is 0.497 e. The molecule has 1 heterocycles. The zero-order valence-electron chi connectivity index (χ0n) is 13.3. The molecule has 7 heteroatoms. The Morgan fingerprint density at radius 2 is 2.09 bits per heavy atom. The van der Waals surface area contributed by atoms with Gasteiger partial charge in [0.15, 0.2) is 0 Å². The lowest BCUT2D eigenvalue weighted by Crippen LogP contribution is -2.28. The van der Waals surface area contributed by atoms with Crippen LogP contribution in [0.2, 0.25) is 0 Å². The van der Waals surface area contributed by atoms with Gasteiger partial charge in [0.25, 0.3) is 0 Å². The van der Waals surface area contributed by atoms with E-state index in [4.69, 9.17) is 4.74 Å². The molecule has 0 radical (unpaired) electrons. The molecule has 1 unspecified atom stereocenters. The molecule has 122 valence electrons. The van der Waals surface area contributed by atoms with Crippen LogP contribution in [0.3, 0.4) is 0 Å². The summed E-state index contributed by atoms with van der Waals surface area (Å²) < 4.78 is 5.11. The monoisotopic (exact) mass is 333 g/mol. The number of carbonyl (C=O) groups is 1. The third-order valence-electron chi connectivity index (χ3n) is 3.29. The molecule has 1 aromatic carbocycles. The Bertz CT molecular complexity index is 728. The predicted octanol–water partition coefficient (Wildman–Crippen LogP) is 2.06. The highest BCUT2D eigenvalue weighted by atomic mass is 32.2. The number of aromatic amines is 1. The van der Waals surface area contributed by atoms with Crippen LogP contribution >= 0.6 is 11.8 Å². The number of nitrogens with one attached hydrogen (secondary N) is 2. The Balaban J connectivity index is 1.90. The van der Waals surface area contributed by atoms with E-state index in [1.54, 1.807) is 13.3 Å². The molecule has 1 atom stereocenters. The molecule has 0 saturated carbocycles. The molecular weight excluding hydrogens is 314 g/mol. The molecule has 23 heavy (non-hydrogen) atoms. The lowest BCUT2D eigenvalue weighted by molar-refractivity contribution is -0.119. The molecule has 0 aliphatic carbocycles. The number of hydrogen-bond acceptors (Lipinski definition) is 5. The standard InChI is InChI=1S/C16H19N3O3S/c1-10-8-17-16(21)19-15(10)23-9-14(20)18-11(2)12-4-6-13(22-3)7-5-12/h4-8,11H,9H2,1-3H3,(H,18,20)(H,17,19,21). The molecule has 2 N–H and O–H groups in total. The number of hydrogen-bond donors (Lipinski definition) is 2. The Kier molecular flexibility index (Phi) is 5.81. The normalized spacial score (nSPS) is 11.8. The van der Waals surface area contributed by atoms with E-state index >= 15 is 0 Å². The lowest BCUT2D eigenvalue weighted by Gasteiger charge is -2.14. The third kappa shape index (κ3) is 4.85. The van der Waals surface area contributed by atoms with Gasteiger partial charge in [-0.2, -0.15) is 4.98 Å². The zero-order chi connectivity index (χ0) is 16.8. The highest BCUT2D eigenvalue weighted by Crippen LogP contribution is 2.19. The highest BCUT2D eigenvalue weighted by molar-refractivity contribution is 7.99. The molecule has 2 rings (SSSR count). The maximum atomic E-state index is 12.0. The maximum absolute atomic E-state index is 12.0. The summed E-state index contributed by atoms with van der Waals surface area (Å²) in [5, 5.41) is 3.49. The summed E-state index contributed by atoms with van der Waals surface area (Å²) in [5.74, 6) is 0.871. The number of aryl methyl sites for hydroxylation is 1. The molecule has 0 fully saturated rings. The van der Waals surface area contributed by atoms with E-state index in [0.717, 1.165) is 16.9 Å². The van der Waals surface area contributed by atoms with Crippen LogP contribution in [0.5, 0.6) is 5.75 Å². The molecule has 2 aromatic rings. The molecule has 0 aliphatic heterocycles. The minimum Gasteiger partial charge on any atom is -0.497 e. The van der Waals surface area contributed by atoms with Crippen molar-refractivity contribution in [2.75, 3.05) is 12.9 Å². The van der Waals surface area contributed by atoms with Crippen LogP contribution < -0.4 is 15.7 Å². The van der Waals surface area contributed by atoms with Crippen LogP contribution in [0.15, 0.2) is 40.3 Å². The van der Waals surface area contributed by atoms with Crippen molar-refractivity contribution < 1.29 is 9.53 Å². The van der Waals surface area contributed by atoms with Crippen molar-refractivity contribution in [1.82, 2.24) is 15.3 Å². The first-order chi connectivity index (χ1) is 11.0. The van der Waals surface area contributed by atoms with Crippen molar-refractivity contribution in [3.05, 3.63) is 52.1 Å². The smallest absolute Gasteiger partial charge is 0.345 e. The second-order valence-electron chi connectivity index (χ2n) is 5.04. The van der Waals surface area contributed by atoms with Gasteiger partial charge in [-0.1, -0.05) is 23.9 Å². The number of methoxy groups -OCH3 is 1. The summed E-state index contributed by atoms with van der Waals surface area (Å²) in [6.07, 6.45) is 1.59. The highest BCUT2D eigenvalue weighted by Gasteiger charge is 2.11. The first-order valence-corrected chi connectivity index (χ1v) is 8.10. The van der Waals surface area contributed by atoms with Gasteiger partial charge in [-0.05, 0) is 37.1 Å². The topological polar surface area (TPSA) is 84.1 Å². The maximum Gasteiger partial charge on any atom is 0.345 e. The zero-order valence-corrected chi connectivity index (χ0v) is 14.1. The third-order valence-corrected chi connectivity index (χ3v) is 4.38. The molecule has 6 nitrogen and oxygen atoms in total. The number of rotatable bonds is 6. The lowest BCUT2D eigenvalue weighted by atomic mass is 10.1. The molecule has 1 aromatic heterocycles. The van der Waals surface area contributed by atoms with Crippen LogP contribution in [0.1, 0.15) is 24.1 Å². The molecule has 0 bridgehead atoms. The number of thioether (sulfide) groups is 1. The van der Waals surface area contributed by atoms with E-state index < -0.39 is 5.69 Å². The Labute approximate surface area is 138 Å². The minimum atomic E-state index is -0.412. The van der Waals surface area contributed by atoms with Gasteiger partial charge >= 0.3 is 5.69 Å². The van der Waals surface area contributed by atoms with E-state index in [9.17, 15) is 9.59 Å². The van der Waals surface area contributed by atoms with Gasteiger partial charge in [-0.25, -0.2) is 4.79 Å². The summed E-state index contributed by atoms with van der Waals surface area (Å²) in [4.78, 5) is 29.6. The summed E-state index contributed by atoms with van der Waals surface area (Å²) in [5.41, 5.74) is 1.42. The number of nitrogens with zero attached hydrogens (tertiary/aromatic N) is 1. The fourth-order valence-electron chi connectivity index (χ4n) is 1.98. The van der Waals surface area contributed by atoms with Crippen LogP contribution in [-0.4, -0.2) is 28.7 Å². The Hall–Kier alpha value is -2.28. The first kappa shape index (κ1) is 17.1. The fraction of sp³-hybridized carbons (Fsp3) is 0.312. The van der Waals surface area contributed by atoms with Gasteiger partial charge in [0, 0.05) is 6.20 Å². The number of aromatic nitrogens is 2. The van der Waals surface area contributed by atoms with Gasteiger partial charge in [-0.3, -0.25) is 4.79 Å². The average molecular weight is 333 g/mol. The predicted molar refractivity (Wildman–Crippen MR) is 89.9 cm³/mol. The SMILES string of the molecule is COc1ccc(C(C)NC(=O)CSc2nc(=O)[nH]cc2C)cc1. The van der Waals surface area contributed by atoms with Gasteiger partial charge < -0.3 is 15.0 Å². The van der Waals surface area contributed by atoms with Gasteiger partial charge in [0.2, 0.25) is 5.91 Å². The van der Waals surface area contributed by atoms with Crippen molar-refractivity contribution >= 4 is 17.7 Å². The van der Waals surface area contributed by atoms with Crippen molar-refractivity contribution in [2.24, 2.45) is 0 Å². The van der Waals surface area contributed by atoms with E-state index in [1.165, 1.54) is 11.8 Å². The molecule has 0 saturated heterocycles. The van der Waals surface area contributed by atoms with Crippen molar-refractivity contribution in [3.63, 3.8) is 0 Å². The van der Waals surface area contributed by atoms with Crippen LogP contribution in [0, 0.1) is 6.92 Å². The van der Waals surface area contributed by atoms with Gasteiger partial charge in [0.1, 0.15) is 10.8 Å². The van der Waals surface area contributed by atoms with E-state index in [2.05, 4.69) is 15.3 Å². The quantitative estimate of drug-likeness (QED) is 0.624. The summed E-state index contributed by atoms with van der Waals surface area (Å²) >= 11 is 1.25. The summed E-state index contributed by atoms with van der Waals surface area (Å²) in [6.45, 7) is 3.75. The summed E-state index contributed by atoms with van der Waals surface area (Å²) in [7, 11) is 1.61. The fourth-order valence-corrected chi connectivity index (χ4v) is 2.77. The Morgan fingerprint density at radius 1 is 1.39 bits per heavy atom.